The largest absolute Gasteiger partial charge is 0.459 e. The first-order chi connectivity index (χ1) is 28.4. The van der Waals surface area contributed by atoms with Gasteiger partial charge in [-0.15, -0.1) is 0 Å². The summed E-state index contributed by atoms with van der Waals surface area (Å²) < 4.78 is 40.7. The van der Waals surface area contributed by atoms with Crippen LogP contribution in [-0.4, -0.2) is 131 Å². The second-order valence-electron chi connectivity index (χ2n) is 17.8. The Morgan fingerprint density at radius 1 is 0.983 bits per heavy atom. The minimum Gasteiger partial charge on any atom is -0.459 e. The van der Waals surface area contributed by atoms with E-state index in [4.69, 9.17) is 28.4 Å². The molecule has 2 saturated heterocycles. The number of aliphatic hydroxyl groups excluding tert-OH is 1. The SMILES string of the molecule is CCCO[C@@]1(C)C(OCCCCCn2cnc(-c3cccnc3)c2)[C@@H](C)C(=O)[C@H](C)C[C@](C)(OC)[C@H](O[C@@H]2O[C@H](C)C[C@H](N(C)C)[C@H]2O)[C@@H](C)C(=O)[C@@H](C)C(=O)O[C@@H]1CC. The van der Waals surface area contributed by atoms with Gasteiger partial charge in [0.2, 0.25) is 0 Å². The third kappa shape index (κ3) is 11.9. The van der Waals surface area contributed by atoms with Gasteiger partial charge in [-0.05, 0) is 98.9 Å². The molecule has 0 aromatic carbocycles. The molecule has 0 aliphatic carbocycles. The molecule has 0 bridgehead atoms. The summed E-state index contributed by atoms with van der Waals surface area (Å²) >= 11 is 0. The molecule has 2 aliphatic rings. The summed E-state index contributed by atoms with van der Waals surface area (Å²) in [4.78, 5) is 53.9. The summed E-state index contributed by atoms with van der Waals surface area (Å²) in [7, 11) is 5.30. The van der Waals surface area contributed by atoms with Crippen LogP contribution < -0.4 is 0 Å². The third-order valence-electron chi connectivity index (χ3n) is 12.8. The average Bonchev–Trinajstić information content (AvgIpc) is 3.71. The molecule has 14 heteroatoms. The van der Waals surface area contributed by atoms with Crippen LogP contribution in [0.1, 0.15) is 107 Å². The van der Waals surface area contributed by atoms with E-state index in [1.807, 2.05) is 92.1 Å². The lowest BCUT2D eigenvalue weighted by Crippen LogP contribution is -2.60. The van der Waals surface area contributed by atoms with Crippen molar-refractivity contribution in [2.45, 2.75) is 168 Å². The molecule has 2 fully saturated rings. The molecular weight excluding hydrogens is 769 g/mol. The predicted molar refractivity (Wildman–Crippen MR) is 228 cm³/mol. The number of aliphatic hydroxyl groups is 1. The molecule has 14 nitrogen and oxygen atoms in total. The van der Waals surface area contributed by atoms with E-state index in [0.29, 0.717) is 32.5 Å². The zero-order chi connectivity index (χ0) is 44.4. The van der Waals surface area contributed by atoms with Crippen molar-refractivity contribution >= 4 is 17.5 Å². The third-order valence-corrected chi connectivity index (χ3v) is 12.8. The summed E-state index contributed by atoms with van der Waals surface area (Å²) in [6, 6.07) is 3.62. The molecule has 1 unspecified atom stereocenters. The lowest BCUT2D eigenvalue weighted by Gasteiger charge is -2.47. The topological polar surface area (TPSA) is 161 Å². The summed E-state index contributed by atoms with van der Waals surface area (Å²) in [5.41, 5.74) is -0.615. The number of ether oxygens (including phenoxy) is 6. The number of hydrogen-bond donors (Lipinski definition) is 1. The highest BCUT2D eigenvalue weighted by atomic mass is 16.7. The molecule has 4 heterocycles. The Morgan fingerprint density at radius 3 is 2.33 bits per heavy atom. The molecule has 60 heavy (non-hydrogen) atoms. The van der Waals surface area contributed by atoms with Crippen LogP contribution in [0.15, 0.2) is 37.1 Å². The van der Waals surface area contributed by atoms with Crippen LogP contribution in [0.2, 0.25) is 0 Å². The predicted octanol–water partition coefficient (Wildman–Crippen LogP) is 6.31. The van der Waals surface area contributed by atoms with Crippen LogP contribution in [0.5, 0.6) is 0 Å². The summed E-state index contributed by atoms with van der Waals surface area (Å²) in [5.74, 6) is -4.55. The van der Waals surface area contributed by atoms with Crippen LogP contribution >= 0.6 is 0 Å². The zero-order valence-corrected chi connectivity index (χ0v) is 38.3. The van der Waals surface area contributed by atoms with Gasteiger partial charge < -0.3 is 43.0 Å². The number of aromatic nitrogens is 3. The standard InChI is InChI=1S/C46H74N4O10/c1-13-22-57-46(9)37(14-2)59-43(54)33(7)39(52)32(6)41(60-44-40(53)36(49(10)11)24-30(4)58-44)45(8,55-12)25-29(3)38(51)31(5)42(46)56-23-17-15-16-21-50-27-35(48-28-50)34-19-18-20-47-26-34/h18-20,26-33,36-37,40-42,44,53H,13-17,21-25H2,1-12H3/t29-,30-,31+,32+,33-,36+,37-,40-,41-,42?,44+,45+,46-/m1/s1. The fraction of sp³-hybridized carbons (Fsp3) is 0.761. The van der Waals surface area contributed by atoms with E-state index in [0.717, 1.165) is 37.1 Å². The van der Waals surface area contributed by atoms with Crippen LogP contribution in [0, 0.1) is 23.7 Å². The Morgan fingerprint density at radius 2 is 1.70 bits per heavy atom. The fourth-order valence-corrected chi connectivity index (χ4v) is 9.14. The number of imidazole rings is 1. The monoisotopic (exact) mass is 843 g/mol. The number of likely N-dealkylation sites (N-methyl/N-ethyl adjacent to an activating group) is 1. The Bertz CT molecular complexity index is 1660. The number of carbonyl (C=O) groups is 3. The normalized spacial score (nSPS) is 35.0. The van der Waals surface area contributed by atoms with E-state index < -0.39 is 77.3 Å². The molecular formula is C46H74N4O10. The highest BCUT2D eigenvalue weighted by Gasteiger charge is 2.53. The van der Waals surface area contributed by atoms with Gasteiger partial charge in [0, 0.05) is 74.8 Å². The van der Waals surface area contributed by atoms with Crippen LogP contribution in [0.4, 0.5) is 0 Å². The fourth-order valence-electron chi connectivity index (χ4n) is 9.14. The molecule has 0 radical (unpaired) electrons. The van der Waals surface area contributed by atoms with Crippen LogP contribution in [0.3, 0.4) is 0 Å². The first kappa shape index (κ1) is 49.5. The van der Waals surface area contributed by atoms with Crippen LogP contribution in [0.25, 0.3) is 11.3 Å². The number of cyclic esters (lactones) is 1. The highest BCUT2D eigenvalue weighted by Crippen LogP contribution is 2.40. The average molecular weight is 843 g/mol. The van der Waals surface area contributed by atoms with Gasteiger partial charge >= 0.3 is 5.97 Å². The summed E-state index contributed by atoms with van der Waals surface area (Å²) in [5, 5.41) is 11.5. The minimum atomic E-state index is -1.23. The molecule has 338 valence electrons. The number of pyridine rings is 1. The van der Waals surface area contributed by atoms with E-state index in [9.17, 15) is 19.5 Å². The number of methoxy groups -OCH3 is 1. The van der Waals surface area contributed by atoms with Crippen molar-refractivity contribution in [3.8, 4) is 11.3 Å². The molecule has 0 saturated carbocycles. The van der Waals surface area contributed by atoms with E-state index >= 15 is 0 Å². The Hall–Kier alpha value is -3.11. The first-order valence-electron chi connectivity index (χ1n) is 22.1. The second-order valence-corrected chi connectivity index (χ2v) is 17.8. The second kappa shape index (κ2) is 22.3. The number of nitrogens with zero attached hydrogens (tertiary/aromatic N) is 4. The quantitative estimate of drug-likeness (QED) is 0.114. The van der Waals surface area contributed by atoms with E-state index in [1.165, 1.54) is 7.11 Å². The van der Waals surface area contributed by atoms with Gasteiger partial charge in [0.25, 0.3) is 0 Å². The first-order valence-corrected chi connectivity index (χ1v) is 22.1. The molecule has 4 rings (SSSR count). The molecule has 2 aliphatic heterocycles. The Kier molecular flexibility index (Phi) is 18.4. The minimum absolute atomic E-state index is 0.0845. The molecule has 0 amide bonds. The van der Waals surface area contributed by atoms with Crippen molar-refractivity contribution in [1.29, 1.82) is 0 Å². The zero-order valence-electron chi connectivity index (χ0n) is 38.3. The number of rotatable bonds is 16. The summed E-state index contributed by atoms with van der Waals surface area (Å²) in [6.45, 7) is 17.9. The maximum absolute atomic E-state index is 14.8. The number of aryl methyl sites for hydroxylation is 1. The number of hydrogen-bond acceptors (Lipinski definition) is 13. The molecule has 1 N–H and O–H groups in total. The van der Waals surface area contributed by atoms with Gasteiger partial charge in [0.1, 0.15) is 29.5 Å². The Balaban J connectivity index is 1.62. The van der Waals surface area contributed by atoms with Crippen molar-refractivity contribution in [3.05, 3.63) is 37.1 Å². The molecule has 0 spiro atoms. The number of ketones is 2. The summed E-state index contributed by atoms with van der Waals surface area (Å²) in [6.07, 6.45) is 6.68. The maximum Gasteiger partial charge on any atom is 0.316 e. The van der Waals surface area contributed by atoms with Crippen molar-refractivity contribution in [2.24, 2.45) is 23.7 Å². The van der Waals surface area contributed by atoms with E-state index in [-0.39, 0.29) is 24.3 Å². The van der Waals surface area contributed by atoms with Gasteiger partial charge in [-0.25, -0.2) is 4.98 Å². The van der Waals surface area contributed by atoms with Crippen molar-refractivity contribution < 1.29 is 47.9 Å². The van der Waals surface area contributed by atoms with Gasteiger partial charge in [0.05, 0.1) is 35.9 Å². The van der Waals surface area contributed by atoms with Gasteiger partial charge in [-0.2, -0.15) is 0 Å². The molecule has 2 aromatic heterocycles. The van der Waals surface area contributed by atoms with Crippen LogP contribution in [-0.2, 0) is 49.3 Å². The lowest BCUT2D eigenvalue weighted by molar-refractivity contribution is -0.295. The molecule has 2 aromatic rings. The van der Waals surface area contributed by atoms with E-state index in [2.05, 4.69) is 14.5 Å². The number of unbranched alkanes of at least 4 members (excludes halogenated alkanes) is 2. The Labute approximate surface area is 358 Å². The molecule has 13 atom stereocenters. The van der Waals surface area contributed by atoms with Gasteiger partial charge in [0.15, 0.2) is 12.1 Å². The number of carbonyl (C=O) groups excluding carboxylic acids is 3. The van der Waals surface area contributed by atoms with Gasteiger partial charge in [-0.3, -0.25) is 19.4 Å². The maximum atomic E-state index is 14.8. The van der Waals surface area contributed by atoms with E-state index in [1.54, 1.807) is 26.2 Å². The lowest BCUT2D eigenvalue weighted by atomic mass is 9.74. The highest BCUT2D eigenvalue weighted by molar-refractivity contribution is 6.00. The number of esters is 1. The van der Waals surface area contributed by atoms with Crippen molar-refractivity contribution in [1.82, 2.24) is 19.4 Å². The van der Waals surface area contributed by atoms with Gasteiger partial charge in [-0.1, -0.05) is 34.6 Å². The van der Waals surface area contributed by atoms with Crippen molar-refractivity contribution in [2.75, 3.05) is 34.4 Å². The number of Topliss-reactive ketones (excluding diaryl/α,β-unsaturated/α-hetero) is 2. The smallest absolute Gasteiger partial charge is 0.316 e. The van der Waals surface area contributed by atoms with Crippen molar-refractivity contribution in [3.63, 3.8) is 0 Å².